The summed E-state index contributed by atoms with van der Waals surface area (Å²) in [5.74, 6) is -2.29. The van der Waals surface area contributed by atoms with Gasteiger partial charge in [0.1, 0.15) is 0 Å². The van der Waals surface area contributed by atoms with Crippen molar-refractivity contribution >= 4 is 11.9 Å². The third-order valence-corrected chi connectivity index (χ3v) is 4.79. The molecule has 0 aromatic carbocycles. The van der Waals surface area contributed by atoms with Crippen molar-refractivity contribution < 1.29 is 19.8 Å². The van der Waals surface area contributed by atoms with Gasteiger partial charge in [-0.1, -0.05) is 59.3 Å². The molecule has 116 valence electrons. The minimum atomic E-state index is -1.62. The first-order chi connectivity index (χ1) is 9.36. The second kappa shape index (κ2) is 7.09. The van der Waals surface area contributed by atoms with E-state index in [-0.39, 0.29) is 24.2 Å². The Bertz CT molecular complexity index is 328. The fourth-order valence-corrected chi connectivity index (χ4v) is 4.00. The van der Waals surface area contributed by atoms with Crippen LogP contribution in [0.15, 0.2) is 0 Å². The molecule has 1 fully saturated rings. The Morgan fingerprint density at radius 3 is 1.95 bits per heavy atom. The van der Waals surface area contributed by atoms with Crippen LogP contribution in [0, 0.1) is 23.2 Å². The largest absolute Gasteiger partial charge is 0.480 e. The van der Waals surface area contributed by atoms with E-state index < -0.39 is 17.4 Å². The third kappa shape index (κ3) is 3.33. The van der Waals surface area contributed by atoms with Gasteiger partial charge in [0, 0.05) is 0 Å². The van der Waals surface area contributed by atoms with E-state index in [2.05, 4.69) is 0 Å². The highest BCUT2D eigenvalue weighted by Crippen LogP contribution is 2.46. The number of carboxylic acid groups (broad SMARTS) is 2. The molecular formula is C16H28O4. The minimum Gasteiger partial charge on any atom is -0.480 e. The second-order valence-corrected chi connectivity index (χ2v) is 6.59. The van der Waals surface area contributed by atoms with Gasteiger partial charge in [-0.2, -0.15) is 0 Å². The second-order valence-electron chi connectivity index (χ2n) is 6.59. The molecule has 0 aromatic heterocycles. The molecule has 20 heavy (non-hydrogen) atoms. The van der Waals surface area contributed by atoms with Crippen LogP contribution >= 0.6 is 0 Å². The van der Waals surface area contributed by atoms with Gasteiger partial charge < -0.3 is 10.2 Å². The molecule has 0 bridgehead atoms. The predicted octanol–water partition coefficient (Wildman–Crippen LogP) is 3.79. The third-order valence-electron chi connectivity index (χ3n) is 4.79. The van der Waals surface area contributed by atoms with Gasteiger partial charge in [0.25, 0.3) is 0 Å². The van der Waals surface area contributed by atoms with Crippen LogP contribution in [0.4, 0.5) is 0 Å². The maximum absolute atomic E-state index is 11.9. The number of carboxylic acids is 2. The normalized spacial score (nSPS) is 19.0. The van der Waals surface area contributed by atoms with Crippen molar-refractivity contribution in [2.75, 3.05) is 0 Å². The molecule has 0 radical (unpaired) electrons. The summed E-state index contributed by atoms with van der Waals surface area (Å²) in [7, 11) is 0. The zero-order valence-electron chi connectivity index (χ0n) is 12.9. The van der Waals surface area contributed by atoms with Crippen molar-refractivity contribution in [1.29, 1.82) is 0 Å². The summed E-state index contributed by atoms with van der Waals surface area (Å²) in [5, 5.41) is 19.4. The monoisotopic (exact) mass is 284 g/mol. The van der Waals surface area contributed by atoms with Crippen molar-refractivity contribution in [2.24, 2.45) is 23.2 Å². The van der Waals surface area contributed by atoms with Gasteiger partial charge in [0.05, 0.1) is 0 Å². The van der Waals surface area contributed by atoms with Crippen LogP contribution in [0.3, 0.4) is 0 Å². The topological polar surface area (TPSA) is 74.6 Å². The van der Waals surface area contributed by atoms with Crippen molar-refractivity contribution in [3.8, 4) is 0 Å². The lowest BCUT2D eigenvalue weighted by Gasteiger charge is -2.40. The number of carbonyl (C=O) groups is 2. The van der Waals surface area contributed by atoms with Crippen LogP contribution in [0.25, 0.3) is 0 Å². The van der Waals surface area contributed by atoms with E-state index in [1.807, 2.05) is 20.8 Å². The molecule has 0 amide bonds. The van der Waals surface area contributed by atoms with Gasteiger partial charge in [0.2, 0.25) is 0 Å². The summed E-state index contributed by atoms with van der Waals surface area (Å²) >= 11 is 0. The Morgan fingerprint density at radius 1 is 1.10 bits per heavy atom. The molecule has 1 atom stereocenters. The summed E-state index contributed by atoms with van der Waals surface area (Å²) in [6, 6.07) is 0. The van der Waals surface area contributed by atoms with Gasteiger partial charge in [0.15, 0.2) is 5.41 Å². The lowest BCUT2D eigenvalue weighted by molar-refractivity contribution is -0.174. The van der Waals surface area contributed by atoms with Gasteiger partial charge in [-0.15, -0.1) is 0 Å². The number of aliphatic carboxylic acids is 2. The highest BCUT2D eigenvalue weighted by Gasteiger charge is 2.54. The summed E-state index contributed by atoms with van der Waals surface area (Å²) in [4.78, 5) is 23.7. The van der Waals surface area contributed by atoms with Crippen molar-refractivity contribution in [2.45, 2.75) is 65.7 Å². The van der Waals surface area contributed by atoms with Crippen LogP contribution in [0.1, 0.15) is 65.7 Å². The van der Waals surface area contributed by atoms with E-state index in [0.29, 0.717) is 6.42 Å². The minimum absolute atomic E-state index is 0.0554. The van der Waals surface area contributed by atoms with Gasteiger partial charge in [-0.3, -0.25) is 9.59 Å². The van der Waals surface area contributed by atoms with Crippen molar-refractivity contribution in [1.82, 2.24) is 0 Å². The van der Waals surface area contributed by atoms with Gasteiger partial charge in [-0.25, -0.2) is 0 Å². The molecule has 1 saturated carbocycles. The van der Waals surface area contributed by atoms with E-state index in [1.54, 1.807) is 0 Å². The molecule has 0 aromatic rings. The summed E-state index contributed by atoms with van der Waals surface area (Å²) in [5.41, 5.74) is -1.62. The van der Waals surface area contributed by atoms with Crippen LogP contribution in [-0.4, -0.2) is 22.2 Å². The predicted molar refractivity (Wildman–Crippen MR) is 77.5 cm³/mol. The quantitative estimate of drug-likeness (QED) is 0.697. The molecule has 4 heteroatoms. The molecule has 1 rings (SSSR count). The number of hydrogen-bond acceptors (Lipinski definition) is 2. The number of hydrogen-bond donors (Lipinski definition) is 2. The zero-order valence-corrected chi connectivity index (χ0v) is 12.9. The Kier molecular flexibility index (Phi) is 6.03. The summed E-state index contributed by atoms with van der Waals surface area (Å²) < 4.78 is 0. The molecule has 0 saturated heterocycles. The number of rotatable bonds is 7. The van der Waals surface area contributed by atoms with Crippen molar-refractivity contribution in [3.05, 3.63) is 0 Å². The maximum atomic E-state index is 11.9. The Labute approximate surface area is 121 Å². The molecule has 1 unspecified atom stereocenters. The smallest absolute Gasteiger partial charge is 0.321 e. The van der Waals surface area contributed by atoms with E-state index >= 15 is 0 Å². The Morgan fingerprint density at radius 2 is 1.60 bits per heavy atom. The van der Waals surface area contributed by atoms with E-state index in [9.17, 15) is 19.8 Å². The summed E-state index contributed by atoms with van der Waals surface area (Å²) in [6.45, 7) is 5.72. The van der Waals surface area contributed by atoms with Crippen LogP contribution in [-0.2, 0) is 9.59 Å². The standard InChI is InChI=1S/C16H28O4/c1-4-13(12-8-6-5-7-9-12)16(14(17)18,15(19)20)10-11(2)3/h11-13H,4-10H2,1-3H3,(H,17,18)(H,19,20). The average molecular weight is 284 g/mol. The summed E-state index contributed by atoms with van der Waals surface area (Å²) in [6.07, 6.45) is 6.15. The molecule has 1 aliphatic carbocycles. The first-order valence-corrected chi connectivity index (χ1v) is 7.83. The maximum Gasteiger partial charge on any atom is 0.321 e. The van der Waals surface area contributed by atoms with Crippen molar-refractivity contribution in [3.63, 3.8) is 0 Å². The highest BCUT2D eigenvalue weighted by molar-refractivity contribution is 5.98. The van der Waals surface area contributed by atoms with Crippen LogP contribution in [0.5, 0.6) is 0 Å². The lowest BCUT2D eigenvalue weighted by Crippen LogP contribution is -2.49. The molecule has 2 N–H and O–H groups in total. The molecular weight excluding hydrogens is 256 g/mol. The first-order valence-electron chi connectivity index (χ1n) is 7.83. The van der Waals surface area contributed by atoms with E-state index in [0.717, 1.165) is 25.7 Å². The fourth-order valence-electron chi connectivity index (χ4n) is 4.00. The van der Waals surface area contributed by atoms with Crippen LogP contribution < -0.4 is 0 Å². The fraction of sp³-hybridized carbons (Fsp3) is 0.875. The first kappa shape index (κ1) is 17.0. The molecule has 0 aliphatic heterocycles. The SMILES string of the molecule is CCC(C1CCCCC1)C(CC(C)C)(C(=O)O)C(=O)O. The van der Waals surface area contributed by atoms with E-state index in [1.165, 1.54) is 6.42 Å². The van der Waals surface area contributed by atoms with Gasteiger partial charge >= 0.3 is 11.9 Å². The van der Waals surface area contributed by atoms with E-state index in [4.69, 9.17) is 0 Å². The molecule has 0 spiro atoms. The zero-order chi connectivity index (χ0) is 15.3. The average Bonchev–Trinajstić information content (AvgIpc) is 2.38. The van der Waals surface area contributed by atoms with Gasteiger partial charge in [-0.05, 0) is 24.2 Å². The van der Waals surface area contributed by atoms with Crippen LogP contribution in [0.2, 0.25) is 0 Å². The Balaban J connectivity index is 3.16. The Hall–Kier alpha value is -1.06. The highest BCUT2D eigenvalue weighted by atomic mass is 16.4. The molecule has 1 aliphatic rings. The molecule has 0 heterocycles. The lowest BCUT2D eigenvalue weighted by atomic mass is 9.61. The molecule has 4 nitrogen and oxygen atoms in total.